The summed E-state index contributed by atoms with van der Waals surface area (Å²) in [4.78, 5) is 58.3. The molecule has 3 N–H and O–H groups in total. The average molecular weight is 850 g/mol. The van der Waals surface area contributed by atoms with E-state index in [1.807, 2.05) is 66.7 Å². The smallest absolute Gasteiger partial charge is 0.255 e. The fourth-order valence-electron chi connectivity index (χ4n) is 11.0. The van der Waals surface area contributed by atoms with E-state index in [-0.39, 0.29) is 30.2 Å². The van der Waals surface area contributed by atoms with E-state index >= 15 is 0 Å². The number of para-hydroxylation sites is 1. The van der Waals surface area contributed by atoms with Crippen LogP contribution in [-0.2, 0) is 16.1 Å². The number of carbonyl (C=O) groups is 3. The molecular formula is C48H55N11O4. The van der Waals surface area contributed by atoms with Crippen molar-refractivity contribution in [1.29, 1.82) is 0 Å². The van der Waals surface area contributed by atoms with E-state index in [1.165, 1.54) is 39.1 Å². The number of nitrogens with one attached hydrogen (secondary N) is 1. The second-order valence-corrected chi connectivity index (χ2v) is 18.7. The number of amides is 3. The third kappa shape index (κ3) is 8.02. The Morgan fingerprint density at radius 2 is 1.44 bits per heavy atom. The molecule has 15 nitrogen and oxygen atoms in total. The summed E-state index contributed by atoms with van der Waals surface area (Å²) in [6.45, 7) is 12.9. The molecule has 0 radical (unpaired) electrons. The first-order chi connectivity index (χ1) is 30.8. The van der Waals surface area contributed by atoms with Gasteiger partial charge in [-0.2, -0.15) is 5.10 Å². The first-order valence-corrected chi connectivity index (χ1v) is 22.8. The van der Waals surface area contributed by atoms with Gasteiger partial charge in [0.25, 0.3) is 5.91 Å². The van der Waals surface area contributed by atoms with Crippen molar-refractivity contribution < 1.29 is 19.1 Å². The van der Waals surface area contributed by atoms with Crippen molar-refractivity contribution in [1.82, 2.24) is 44.7 Å². The average Bonchev–Trinajstić information content (AvgIpc) is 3.97. The van der Waals surface area contributed by atoms with Crippen LogP contribution in [0.1, 0.15) is 54.1 Å². The van der Waals surface area contributed by atoms with Gasteiger partial charge in [0.05, 0.1) is 11.4 Å². The Hall–Kier alpha value is -5.90. The largest absolute Gasteiger partial charge is 0.457 e. The van der Waals surface area contributed by atoms with Gasteiger partial charge in [0, 0.05) is 101 Å². The number of aromatic nitrogens is 4. The lowest BCUT2D eigenvalue weighted by atomic mass is 9.93. The molecule has 0 bridgehead atoms. The van der Waals surface area contributed by atoms with Crippen LogP contribution in [0.5, 0.6) is 11.5 Å². The van der Waals surface area contributed by atoms with E-state index in [2.05, 4.69) is 45.6 Å². The lowest BCUT2D eigenvalue weighted by Gasteiger charge is -2.48. The van der Waals surface area contributed by atoms with Gasteiger partial charge in [-0.05, 0) is 104 Å². The van der Waals surface area contributed by atoms with E-state index in [9.17, 15) is 14.4 Å². The molecule has 5 aromatic rings. The number of benzene rings is 3. The van der Waals surface area contributed by atoms with E-state index < -0.39 is 6.04 Å². The van der Waals surface area contributed by atoms with E-state index in [1.54, 1.807) is 11.2 Å². The molecule has 2 aromatic heterocycles. The molecule has 2 atom stereocenters. The van der Waals surface area contributed by atoms with Gasteiger partial charge >= 0.3 is 0 Å². The maximum Gasteiger partial charge on any atom is 0.255 e. The van der Waals surface area contributed by atoms with E-state index in [0.29, 0.717) is 30.3 Å². The first kappa shape index (κ1) is 39.9. The van der Waals surface area contributed by atoms with Crippen LogP contribution in [0.4, 0.5) is 11.5 Å². The lowest BCUT2D eigenvalue weighted by Crippen LogP contribution is -2.57. The van der Waals surface area contributed by atoms with Gasteiger partial charge in [0.15, 0.2) is 5.65 Å². The van der Waals surface area contributed by atoms with Crippen LogP contribution >= 0.6 is 0 Å². The topological polar surface area (TPSA) is 158 Å². The van der Waals surface area contributed by atoms with Crippen LogP contribution in [0.15, 0.2) is 79.1 Å². The number of rotatable bonds is 12. The van der Waals surface area contributed by atoms with Crippen molar-refractivity contribution in [3.63, 3.8) is 0 Å². The second-order valence-electron chi connectivity index (χ2n) is 18.7. The Morgan fingerprint density at radius 3 is 2.24 bits per heavy atom. The number of piperidine rings is 2. The van der Waals surface area contributed by atoms with E-state index in [4.69, 9.17) is 15.6 Å². The van der Waals surface area contributed by atoms with Crippen LogP contribution in [0, 0.1) is 17.8 Å². The monoisotopic (exact) mass is 849 g/mol. The van der Waals surface area contributed by atoms with E-state index in [0.717, 1.165) is 109 Å². The van der Waals surface area contributed by atoms with Crippen molar-refractivity contribution in [2.24, 2.45) is 17.8 Å². The molecule has 5 saturated heterocycles. The van der Waals surface area contributed by atoms with Gasteiger partial charge < -0.3 is 35.0 Å². The molecule has 6 aliphatic rings. The normalized spacial score (nSPS) is 23.0. The molecule has 6 aliphatic heterocycles. The first-order valence-electron chi connectivity index (χ1n) is 22.8. The Balaban J connectivity index is 0.611. The molecule has 63 heavy (non-hydrogen) atoms. The minimum atomic E-state index is -0.580. The van der Waals surface area contributed by atoms with Crippen molar-refractivity contribution >= 4 is 40.3 Å². The number of ether oxygens (including phenoxy) is 1. The third-order valence-corrected chi connectivity index (χ3v) is 14.3. The molecule has 15 heteroatoms. The van der Waals surface area contributed by atoms with Gasteiger partial charge in [0.2, 0.25) is 11.8 Å². The Morgan fingerprint density at radius 1 is 0.730 bits per heavy atom. The Kier molecular flexibility index (Phi) is 10.6. The summed E-state index contributed by atoms with van der Waals surface area (Å²) in [6.07, 6.45) is 5.52. The van der Waals surface area contributed by atoms with Gasteiger partial charge in [-0.1, -0.05) is 18.2 Å². The van der Waals surface area contributed by atoms with Crippen molar-refractivity contribution in [2.75, 3.05) is 82.6 Å². The van der Waals surface area contributed by atoms with Crippen molar-refractivity contribution in [2.45, 2.75) is 50.7 Å². The van der Waals surface area contributed by atoms with Crippen LogP contribution < -0.4 is 20.7 Å². The minimum absolute atomic E-state index is 0.117. The summed E-state index contributed by atoms with van der Waals surface area (Å²) in [6, 6.07) is 23.5. The Bertz CT molecular complexity index is 2510. The molecular weight excluding hydrogens is 795 g/mol. The molecule has 3 aromatic carbocycles. The summed E-state index contributed by atoms with van der Waals surface area (Å²) in [5, 5.41) is 8.34. The second kappa shape index (κ2) is 16.7. The number of nitrogens with zero attached hydrogens (tertiary/aromatic N) is 9. The zero-order valence-electron chi connectivity index (χ0n) is 35.6. The van der Waals surface area contributed by atoms with Crippen molar-refractivity contribution in [3.8, 4) is 22.8 Å². The molecule has 5 fully saturated rings. The van der Waals surface area contributed by atoms with Crippen molar-refractivity contribution in [3.05, 3.63) is 90.3 Å². The highest BCUT2D eigenvalue weighted by atomic mass is 16.5. The fraction of sp³-hybridized carbons (Fsp3) is 0.458. The molecule has 0 saturated carbocycles. The van der Waals surface area contributed by atoms with Crippen LogP contribution in [-0.4, -0.2) is 135 Å². The molecule has 3 amide bonds. The van der Waals surface area contributed by atoms with Gasteiger partial charge in [-0.3, -0.25) is 19.7 Å². The highest BCUT2D eigenvalue weighted by molar-refractivity contribution is 6.05. The quantitative estimate of drug-likeness (QED) is 0.168. The summed E-state index contributed by atoms with van der Waals surface area (Å²) in [5.74, 6) is 3.38. The van der Waals surface area contributed by atoms with Crippen LogP contribution in [0.2, 0.25) is 0 Å². The molecule has 0 aliphatic carbocycles. The number of hydrogen-bond acceptors (Lipinski definition) is 12. The number of likely N-dealkylation sites (tertiary alicyclic amines) is 3. The number of imide groups is 1. The predicted octanol–water partition coefficient (Wildman–Crippen LogP) is 4.66. The number of fused-ring (bicyclic) bond motifs is 2. The third-order valence-electron chi connectivity index (χ3n) is 14.3. The fourth-order valence-corrected chi connectivity index (χ4v) is 11.0. The summed E-state index contributed by atoms with van der Waals surface area (Å²) in [5.41, 5.74) is 11.8. The SMILES string of the molecule is Nc1ncnc2c1c(-c1ccc(Oc3ccccc3)cc1)nn2C1CCN(CC2CCN(CC3CN(CC4CN(c5ccc6c(c5)CN(C5CCC(=O)NC5=O)C6=O)C4)C3)C2)CC1. The van der Waals surface area contributed by atoms with Gasteiger partial charge in [-0.15, -0.1) is 0 Å². The van der Waals surface area contributed by atoms with Gasteiger partial charge in [-0.25, -0.2) is 14.6 Å². The summed E-state index contributed by atoms with van der Waals surface area (Å²) in [7, 11) is 0. The zero-order chi connectivity index (χ0) is 42.6. The predicted molar refractivity (Wildman–Crippen MR) is 239 cm³/mol. The summed E-state index contributed by atoms with van der Waals surface area (Å²) < 4.78 is 8.13. The highest BCUT2D eigenvalue weighted by Crippen LogP contribution is 2.37. The molecule has 0 spiro atoms. The molecule has 326 valence electrons. The minimum Gasteiger partial charge on any atom is -0.457 e. The van der Waals surface area contributed by atoms with Crippen LogP contribution in [0.25, 0.3) is 22.3 Å². The maximum atomic E-state index is 13.1. The summed E-state index contributed by atoms with van der Waals surface area (Å²) >= 11 is 0. The number of carbonyl (C=O) groups excluding carboxylic acids is 3. The van der Waals surface area contributed by atoms with Crippen LogP contribution in [0.3, 0.4) is 0 Å². The number of nitrogen functional groups attached to an aromatic ring is 1. The lowest BCUT2D eigenvalue weighted by molar-refractivity contribution is -0.136. The molecule has 8 heterocycles. The highest BCUT2D eigenvalue weighted by Gasteiger charge is 2.40. The van der Waals surface area contributed by atoms with Gasteiger partial charge in [0.1, 0.15) is 35.4 Å². The molecule has 2 unspecified atom stereocenters. The Labute approximate surface area is 367 Å². The standard InChI is InChI=1S/C48H55N11O4/c49-45-43-44(34-6-9-39(10-7-34)63-38-4-2-1-3-5-38)53-59(46(43)51-30-50-45)36-15-18-54(19-16-36)21-31-14-17-55(22-31)23-32-24-56(25-32)26-33-27-57(28-33)37-8-11-40-35(20-37)29-58(48(40)62)41-12-13-42(60)52-47(41)61/h1-11,20,30-33,36,41H,12-19,21-29H2,(H2,49,50,51)(H,52,60,61). The number of anilines is 2. The molecule has 11 rings (SSSR count). The number of hydrogen-bond donors (Lipinski definition) is 2. The zero-order valence-corrected chi connectivity index (χ0v) is 35.6. The maximum absolute atomic E-state index is 13.1. The number of nitrogens with two attached hydrogens (primary N) is 1.